The minimum atomic E-state index is -3.47. The van der Waals surface area contributed by atoms with Gasteiger partial charge < -0.3 is 5.73 Å². The molecule has 0 atom stereocenters. The number of benzene rings is 1. The van der Waals surface area contributed by atoms with Crippen molar-refractivity contribution in [3.05, 3.63) is 29.8 Å². The van der Waals surface area contributed by atoms with Gasteiger partial charge in [-0.1, -0.05) is 39.8 Å². The van der Waals surface area contributed by atoms with E-state index in [0.717, 1.165) is 18.4 Å². The molecule has 4 nitrogen and oxygen atoms in total. The molecule has 0 heterocycles. The van der Waals surface area contributed by atoms with Crippen molar-refractivity contribution in [3.8, 4) is 0 Å². The standard InChI is InChI=1S/C16H28N2O2S/c1-5-15(6-2)18(12-13(3)4)21(19,20)16-9-7-8-14(10-16)11-17/h7-10,13,15H,5-6,11-12,17H2,1-4H3. The largest absolute Gasteiger partial charge is 0.326 e. The maximum Gasteiger partial charge on any atom is 0.243 e. The highest BCUT2D eigenvalue weighted by atomic mass is 32.2. The molecule has 0 amide bonds. The van der Waals surface area contributed by atoms with Crippen molar-refractivity contribution in [2.75, 3.05) is 6.54 Å². The molecule has 0 saturated carbocycles. The van der Waals surface area contributed by atoms with E-state index in [2.05, 4.69) is 0 Å². The summed E-state index contributed by atoms with van der Waals surface area (Å²) in [5, 5.41) is 0. The number of nitrogens with zero attached hydrogens (tertiary/aromatic N) is 1. The molecular weight excluding hydrogens is 284 g/mol. The van der Waals surface area contributed by atoms with E-state index in [1.165, 1.54) is 0 Å². The molecule has 0 aliphatic carbocycles. The Kier molecular flexibility index (Phi) is 6.84. The molecule has 5 heteroatoms. The van der Waals surface area contributed by atoms with Crippen molar-refractivity contribution in [1.29, 1.82) is 0 Å². The molecule has 0 unspecified atom stereocenters. The van der Waals surface area contributed by atoms with Gasteiger partial charge in [0.25, 0.3) is 0 Å². The fraction of sp³-hybridized carbons (Fsp3) is 0.625. The molecular formula is C16H28N2O2S. The summed E-state index contributed by atoms with van der Waals surface area (Å²) in [4.78, 5) is 0.345. The van der Waals surface area contributed by atoms with Gasteiger partial charge in [-0.25, -0.2) is 8.42 Å². The summed E-state index contributed by atoms with van der Waals surface area (Å²) in [5.74, 6) is 0.290. The summed E-state index contributed by atoms with van der Waals surface area (Å²) < 4.78 is 27.6. The van der Waals surface area contributed by atoms with Gasteiger partial charge in [0.1, 0.15) is 0 Å². The lowest BCUT2D eigenvalue weighted by Gasteiger charge is -2.31. The molecule has 0 aromatic heterocycles. The first-order valence-corrected chi connectivity index (χ1v) is 9.11. The summed E-state index contributed by atoms with van der Waals surface area (Å²) in [7, 11) is -3.47. The third-order valence-electron chi connectivity index (χ3n) is 3.64. The third kappa shape index (κ3) is 4.53. The fourth-order valence-electron chi connectivity index (χ4n) is 2.47. The Labute approximate surface area is 129 Å². The van der Waals surface area contributed by atoms with Crippen LogP contribution < -0.4 is 5.73 Å². The molecule has 0 aliphatic rings. The second-order valence-electron chi connectivity index (χ2n) is 5.79. The first-order valence-electron chi connectivity index (χ1n) is 7.67. The first-order chi connectivity index (χ1) is 9.86. The van der Waals surface area contributed by atoms with E-state index in [1.54, 1.807) is 22.5 Å². The topological polar surface area (TPSA) is 63.4 Å². The lowest BCUT2D eigenvalue weighted by Crippen LogP contribution is -2.42. The van der Waals surface area contributed by atoms with Crippen LogP contribution in [-0.2, 0) is 16.6 Å². The molecule has 1 rings (SSSR count). The summed E-state index contributed by atoms with van der Waals surface area (Å²) >= 11 is 0. The number of sulfonamides is 1. The molecule has 1 aromatic carbocycles. The lowest BCUT2D eigenvalue weighted by molar-refractivity contribution is 0.277. The van der Waals surface area contributed by atoms with Gasteiger partial charge in [0.2, 0.25) is 10.0 Å². The van der Waals surface area contributed by atoms with E-state index in [-0.39, 0.29) is 12.0 Å². The SMILES string of the molecule is CCC(CC)N(CC(C)C)S(=O)(=O)c1cccc(CN)c1. The van der Waals surface area contributed by atoms with E-state index < -0.39 is 10.0 Å². The van der Waals surface area contributed by atoms with Gasteiger partial charge in [0, 0.05) is 19.1 Å². The monoisotopic (exact) mass is 312 g/mol. The zero-order valence-electron chi connectivity index (χ0n) is 13.5. The van der Waals surface area contributed by atoms with Gasteiger partial charge in [0.05, 0.1) is 4.90 Å². The summed E-state index contributed by atoms with van der Waals surface area (Å²) in [6.45, 7) is 9.04. The third-order valence-corrected chi connectivity index (χ3v) is 5.55. The van der Waals surface area contributed by atoms with Crippen LogP contribution >= 0.6 is 0 Å². The molecule has 0 bridgehead atoms. The Morgan fingerprint density at radius 2 is 1.81 bits per heavy atom. The van der Waals surface area contributed by atoms with Crippen LogP contribution in [0.25, 0.3) is 0 Å². The van der Waals surface area contributed by atoms with E-state index in [0.29, 0.717) is 18.0 Å². The van der Waals surface area contributed by atoms with Gasteiger partial charge in [-0.15, -0.1) is 0 Å². The predicted molar refractivity (Wildman–Crippen MR) is 87.4 cm³/mol. The second-order valence-corrected chi connectivity index (χ2v) is 7.68. The Bertz CT molecular complexity index is 537. The van der Waals surface area contributed by atoms with Crippen LogP contribution in [0, 0.1) is 5.92 Å². The summed E-state index contributed by atoms with van der Waals surface area (Å²) in [6.07, 6.45) is 1.64. The average Bonchev–Trinajstić information content (AvgIpc) is 2.47. The van der Waals surface area contributed by atoms with Crippen molar-refractivity contribution in [2.45, 2.75) is 58.0 Å². The molecule has 0 aliphatic heterocycles. The van der Waals surface area contributed by atoms with E-state index in [1.807, 2.05) is 33.8 Å². The molecule has 120 valence electrons. The summed E-state index contributed by atoms with van der Waals surface area (Å²) in [6, 6.07) is 6.99. The van der Waals surface area contributed by atoms with Gasteiger partial charge >= 0.3 is 0 Å². The number of hydrogen-bond donors (Lipinski definition) is 1. The molecule has 0 saturated heterocycles. The summed E-state index contributed by atoms with van der Waals surface area (Å²) in [5.41, 5.74) is 6.46. The Morgan fingerprint density at radius 1 is 1.19 bits per heavy atom. The van der Waals surface area contributed by atoms with E-state index >= 15 is 0 Å². The van der Waals surface area contributed by atoms with E-state index in [4.69, 9.17) is 5.73 Å². The zero-order chi connectivity index (χ0) is 16.0. The molecule has 1 aromatic rings. The highest BCUT2D eigenvalue weighted by Gasteiger charge is 2.30. The highest BCUT2D eigenvalue weighted by molar-refractivity contribution is 7.89. The number of nitrogens with two attached hydrogens (primary N) is 1. The normalized spacial score (nSPS) is 12.6. The minimum Gasteiger partial charge on any atom is -0.326 e. The van der Waals surface area contributed by atoms with Crippen LogP contribution in [-0.4, -0.2) is 25.3 Å². The van der Waals surface area contributed by atoms with Crippen molar-refractivity contribution in [1.82, 2.24) is 4.31 Å². The minimum absolute atomic E-state index is 0.0407. The van der Waals surface area contributed by atoms with Gasteiger partial charge in [-0.05, 0) is 36.5 Å². The predicted octanol–water partition coefficient (Wildman–Crippen LogP) is 2.98. The molecule has 0 fully saturated rings. The van der Waals surface area contributed by atoms with Crippen LogP contribution in [0.1, 0.15) is 46.1 Å². The number of hydrogen-bond acceptors (Lipinski definition) is 3. The van der Waals surface area contributed by atoms with Crippen LogP contribution in [0.2, 0.25) is 0 Å². The zero-order valence-corrected chi connectivity index (χ0v) is 14.4. The van der Waals surface area contributed by atoms with Gasteiger partial charge in [0.15, 0.2) is 0 Å². The van der Waals surface area contributed by atoms with Crippen molar-refractivity contribution >= 4 is 10.0 Å². The number of rotatable bonds is 8. The molecule has 21 heavy (non-hydrogen) atoms. The fourth-order valence-corrected chi connectivity index (χ4v) is 4.47. The molecule has 0 radical (unpaired) electrons. The Morgan fingerprint density at radius 3 is 2.29 bits per heavy atom. The van der Waals surface area contributed by atoms with Gasteiger partial charge in [-0.3, -0.25) is 0 Å². The Balaban J connectivity index is 3.25. The molecule has 0 spiro atoms. The van der Waals surface area contributed by atoms with E-state index in [9.17, 15) is 8.42 Å². The van der Waals surface area contributed by atoms with Crippen LogP contribution in [0.15, 0.2) is 29.2 Å². The lowest BCUT2D eigenvalue weighted by atomic mass is 10.1. The quantitative estimate of drug-likeness (QED) is 0.802. The average molecular weight is 312 g/mol. The van der Waals surface area contributed by atoms with Crippen molar-refractivity contribution < 1.29 is 8.42 Å². The van der Waals surface area contributed by atoms with Gasteiger partial charge in [-0.2, -0.15) is 4.31 Å². The first kappa shape index (κ1) is 18.1. The maximum absolute atomic E-state index is 13.0. The second kappa shape index (κ2) is 7.92. The smallest absolute Gasteiger partial charge is 0.243 e. The van der Waals surface area contributed by atoms with Crippen molar-refractivity contribution in [3.63, 3.8) is 0 Å². The van der Waals surface area contributed by atoms with Crippen LogP contribution in [0.4, 0.5) is 0 Å². The molecule has 2 N–H and O–H groups in total. The maximum atomic E-state index is 13.0. The van der Waals surface area contributed by atoms with Crippen LogP contribution in [0.5, 0.6) is 0 Å². The highest BCUT2D eigenvalue weighted by Crippen LogP contribution is 2.23. The van der Waals surface area contributed by atoms with Crippen molar-refractivity contribution in [2.24, 2.45) is 11.7 Å². The van der Waals surface area contributed by atoms with Crippen LogP contribution in [0.3, 0.4) is 0 Å². The Hall–Kier alpha value is -0.910.